The first kappa shape index (κ1) is 9.93. The van der Waals surface area contributed by atoms with E-state index in [2.05, 4.69) is 40.0 Å². The Morgan fingerprint density at radius 1 is 1.38 bits per heavy atom. The highest BCUT2D eigenvalue weighted by atomic mass is 16.6. The Hall–Kier alpha value is -1.26. The molecule has 0 radical (unpaired) electrons. The van der Waals surface area contributed by atoms with Crippen LogP contribution in [0.15, 0.2) is 24.3 Å². The van der Waals surface area contributed by atoms with Crippen molar-refractivity contribution < 1.29 is 4.84 Å². The summed E-state index contributed by atoms with van der Waals surface area (Å²) in [5.74, 6) is 0. The van der Waals surface area contributed by atoms with E-state index in [0.717, 1.165) is 18.8 Å². The molecule has 16 heavy (non-hydrogen) atoms. The minimum Gasteiger partial charge on any atom is -0.366 e. The third-order valence-electron chi connectivity index (χ3n) is 3.48. The lowest BCUT2D eigenvalue weighted by Crippen LogP contribution is -2.43. The highest BCUT2D eigenvalue weighted by molar-refractivity contribution is 5.56. The van der Waals surface area contributed by atoms with Gasteiger partial charge in [0, 0.05) is 30.9 Å². The van der Waals surface area contributed by atoms with Crippen LogP contribution in [-0.4, -0.2) is 32.3 Å². The number of nitrogens with one attached hydrogen (secondary N) is 2. The molecule has 2 atom stereocenters. The van der Waals surface area contributed by atoms with Crippen molar-refractivity contribution in [3.8, 4) is 0 Å². The highest BCUT2D eigenvalue weighted by Gasteiger charge is 2.37. The maximum absolute atomic E-state index is 4.87. The van der Waals surface area contributed by atoms with Crippen molar-refractivity contribution in [3.63, 3.8) is 0 Å². The number of hydrogen-bond donors (Lipinski definition) is 2. The molecule has 0 amide bonds. The van der Waals surface area contributed by atoms with E-state index in [1.807, 2.05) is 0 Å². The summed E-state index contributed by atoms with van der Waals surface area (Å²) in [7, 11) is 1.62. The molecule has 0 aromatic heterocycles. The first-order valence-corrected chi connectivity index (χ1v) is 5.76. The van der Waals surface area contributed by atoms with Gasteiger partial charge in [0.15, 0.2) is 0 Å². The lowest BCUT2D eigenvalue weighted by Gasteiger charge is -2.29. The zero-order valence-corrected chi connectivity index (χ0v) is 9.44. The van der Waals surface area contributed by atoms with Gasteiger partial charge in [-0.05, 0) is 30.7 Å². The van der Waals surface area contributed by atoms with E-state index in [1.165, 1.54) is 12.1 Å². The van der Waals surface area contributed by atoms with Crippen LogP contribution in [0.5, 0.6) is 0 Å². The van der Waals surface area contributed by atoms with Gasteiger partial charge in [-0.15, -0.1) is 0 Å². The maximum Gasteiger partial charge on any atom is 0.0636 e. The molecular weight excluding hydrogens is 202 g/mol. The van der Waals surface area contributed by atoms with Gasteiger partial charge in [0.05, 0.1) is 12.8 Å². The number of piperazine rings is 1. The van der Waals surface area contributed by atoms with E-state index < -0.39 is 0 Å². The fourth-order valence-electron chi connectivity index (χ4n) is 2.72. The van der Waals surface area contributed by atoms with Crippen LogP contribution in [-0.2, 0) is 4.84 Å². The second kappa shape index (κ2) is 3.96. The molecule has 1 aromatic carbocycles. The molecule has 3 rings (SSSR count). The summed E-state index contributed by atoms with van der Waals surface area (Å²) in [6.07, 6.45) is 1.29. The van der Waals surface area contributed by atoms with Crippen LogP contribution in [0.2, 0.25) is 0 Å². The van der Waals surface area contributed by atoms with Crippen LogP contribution >= 0.6 is 0 Å². The molecule has 2 N–H and O–H groups in total. The van der Waals surface area contributed by atoms with Crippen LogP contribution < -0.4 is 15.7 Å². The lowest BCUT2D eigenvalue weighted by atomic mass is 10.2. The van der Waals surface area contributed by atoms with Crippen LogP contribution in [0.3, 0.4) is 0 Å². The molecule has 0 aliphatic carbocycles. The Morgan fingerprint density at radius 2 is 2.19 bits per heavy atom. The summed E-state index contributed by atoms with van der Waals surface area (Å²) >= 11 is 0. The monoisotopic (exact) mass is 219 g/mol. The Bertz CT molecular complexity index is 365. The zero-order chi connectivity index (χ0) is 11.0. The summed E-state index contributed by atoms with van der Waals surface area (Å²) in [4.78, 5) is 7.37. The number of benzene rings is 1. The van der Waals surface area contributed by atoms with Crippen LogP contribution in [0.4, 0.5) is 11.4 Å². The second-order valence-corrected chi connectivity index (χ2v) is 4.50. The van der Waals surface area contributed by atoms with Gasteiger partial charge in [0.2, 0.25) is 0 Å². The van der Waals surface area contributed by atoms with Gasteiger partial charge >= 0.3 is 0 Å². The Labute approximate surface area is 95.5 Å². The highest BCUT2D eigenvalue weighted by Crippen LogP contribution is 2.29. The molecule has 2 unspecified atom stereocenters. The molecule has 2 heterocycles. The number of rotatable bonds is 3. The number of fused-ring (bicyclic) bond motifs is 2. The fraction of sp³-hybridized carbons (Fsp3) is 0.500. The van der Waals surface area contributed by atoms with Crippen molar-refractivity contribution in [1.29, 1.82) is 0 Å². The third-order valence-corrected chi connectivity index (χ3v) is 3.48. The first-order valence-electron chi connectivity index (χ1n) is 5.76. The number of nitrogens with zero attached hydrogens (tertiary/aromatic N) is 1. The molecule has 2 fully saturated rings. The van der Waals surface area contributed by atoms with Crippen molar-refractivity contribution in [1.82, 2.24) is 5.32 Å². The number of hydrogen-bond acceptors (Lipinski definition) is 4. The average Bonchev–Trinajstić information content (AvgIpc) is 2.92. The first-order chi connectivity index (χ1) is 7.86. The van der Waals surface area contributed by atoms with Crippen molar-refractivity contribution in [2.45, 2.75) is 18.5 Å². The summed E-state index contributed by atoms with van der Waals surface area (Å²) in [5.41, 5.74) is 5.14. The average molecular weight is 219 g/mol. The Morgan fingerprint density at radius 3 is 2.75 bits per heavy atom. The van der Waals surface area contributed by atoms with Gasteiger partial charge in [0.25, 0.3) is 0 Å². The molecule has 86 valence electrons. The SMILES string of the molecule is CONc1ccc(N2CC3CC2CN3)cc1. The van der Waals surface area contributed by atoms with Crippen molar-refractivity contribution in [2.24, 2.45) is 0 Å². The lowest BCUT2D eigenvalue weighted by molar-refractivity contribution is 0.271. The van der Waals surface area contributed by atoms with Gasteiger partial charge in [-0.2, -0.15) is 0 Å². The summed E-state index contributed by atoms with van der Waals surface area (Å²) in [6.45, 7) is 2.27. The predicted octanol–water partition coefficient (Wildman–Crippen LogP) is 1.21. The van der Waals surface area contributed by atoms with Crippen LogP contribution in [0.1, 0.15) is 6.42 Å². The van der Waals surface area contributed by atoms with E-state index in [4.69, 9.17) is 4.84 Å². The summed E-state index contributed by atoms with van der Waals surface area (Å²) in [5, 5.41) is 3.51. The van der Waals surface area contributed by atoms with Crippen molar-refractivity contribution in [2.75, 3.05) is 30.6 Å². The second-order valence-electron chi connectivity index (χ2n) is 4.50. The molecule has 2 saturated heterocycles. The van der Waals surface area contributed by atoms with Gasteiger partial charge in [-0.1, -0.05) is 0 Å². The van der Waals surface area contributed by atoms with Crippen molar-refractivity contribution in [3.05, 3.63) is 24.3 Å². The minimum absolute atomic E-state index is 0.686. The van der Waals surface area contributed by atoms with E-state index in [0.29, 0.717) is 12.1 Å². The molecular formula is C12H17N3O. The predicted molar refractivity (Wildman–Crippen MR) is 64.6 cm³/mol. The molecule has 1 aromatic rings. The zero-order valence-electron chi connectivity index (χ0n) is 9.44. The standard InChI is InChI=1S/C12H17N3O/c1-16-14-9-2-4-11(5-3-9)15-8-10-6-12(15)7-13-10/h2-5,10,12-14H,6-8H2,1H3. The maximum atomic E-state index is 4.87. The van der Waals surface area contributed by atoms with Crippen molar-refractivity contribution >= 4 is 11.4 Å². The Balaban J connectivity index is 1.75. The molecule has 2 aliphatic rings. The molecule has 4 heteroatoms. The normalized spacial score (nSPS) is 27.4. The van der Waals surface area contributed by atoms with E-state index in [1.54, 1.807) is 7.11 Å². The van der Waals surface area contributed by atoms with Gasteiger partial charge < -0.3 is 10.2 Å². The third kappa shape index (κ3) is 1.64. The summed E-state index contributed by atoms with van der Waals surface area (Å²) in [6, 6.07) is 9.80. The number of anilines is 2. The van der Waals surface area contributed by atoms with Crippen LogP contribution in [0, 0.1) is 0 Å². The van der Waals surface area contributed by atoms with E-state index >= 15 is 0 Å². The summed E-state index contributed by atoms with van der Waals surface area (Å²) < 4.78 is 0. The quantitative estimate of drug-likeness (QED) is 0.749. The largest absolute Gasteiger partial charge is 0.366 e. The smallest absolute Gasteiger partial charge is 0.0636 e. The molecule has 2 bridgehead atoms. The fourth-order valence-corrected chi connectivity index (χ4v) is 2.72. The topological polar surface area (TPSA) is 36.5 Å². The molecule has 0 saturated carbocycles. The molecule has 0 spiro atoms. The Kier molecular flexibility index (Phi) is 2.46. The van der Waals surface area contributed by atoms with Gasteiger partial charge in [0.1, 0.15) is 0 Å². The van der Waals surface area contributed by atoms with E-state index in [9.17, 15) is 0 Å². The minimum atomic E-state index is 0.686. The van der Waals surface area contributed by atoms with Crippen LogP contribution in [0.25, 0.3) is 0 Å². The van der Waals surface area contributed by atoms with Gasteiger partial charge in [-0.3, -0.25) is 10.3 Å². The molecule has 4 nitrogen and oxygen atoms in total. The van der Waals surface area contributed by atoms with Gasteiger partial charge in [-0.25, -0.2) is 0 Å². The van der Waals surface area contributed by atoms with E-state index in [-0.39, 0.29) is 0 Å². The molecule has 2 aliphatic heterocycles.